The normalized spacial score (nSPS) is 21.6. The summed E-state index contributed by atoms with van der Waals surface area (Å²) in [4.78, 5) is 22.8. The van der Waals surface area contributed by atoms with Crippen LogP contribution in [0.15, 0.2) is 16.4 Å². The second kappa shape index (κ2) is 9.34. The van der Waals surface area contributed by atoms with Gasteiger partial charge >= 0.3 is 6.09 Å². The number of alkyl carbamates (subject to hydrolysis) is 1. The summed E-state index contributed by atoms with van der Waals surface area (Å²) in [6, 6.07) is 2.77. The fourth-order valence-corrected chi connectivity index (χ4v) is 4.78. The van der Waals surface area contributed by atoms with Gasteiger partial charge in [-0.3, -0.25) is 9.89 Å². The molecule has 0 bridgehead atoms. The predicted octanol–water partition coefficient (Wildman–Crippen LogP) is 2.67. The average molecular weight is 422 g/mol. The molecule has 8 heteroatoms. The molecule has 2 atom stereocenters. The molecule has 2 aliphatic heterocycles. The van der Waals surface area contributed by atoms with Crippen LogP contribution >= 0.6 is 11.3 Å². The lowest BCUT2D eigenvalue weighted by atomic mass is 10.1. The molecule has 29 heavy (non-hydrogen) atoms. The summed E-state index contributed by atoms with van der Waals surface area (Å²) in [5, 5.41) is 8.71. The second-order valence-electron chi connectivity index (χ2n) is 8.94. The summed E-state index contributed by atoms with van der Waals surface area (Å²) >= 11 is 1.88. The van der Waals surface area contributed by atoms with Crippen molar-refractivity contribution < 1.29 is 9.53 Å². The van der Waals surface area contributed by atoms with Crippen molar-refractivity contribution in [2.24, 2.45) is 4.99 Å². The van der Waals surface area contributed by atoms with E-state index < -0.39 is 5.60 Å². The number of fused-ring (bicyclic) bond motifs is 1. The topological polar surface area (TPSA) is 69.2 Å². The van der Waals surface area contributed by atoms with E-state index in [0.717, 1.165) is 51.5 Å². The quantitative estimate of drug-likeness (QED) is 0.578. The maximum atomic E-state index is 12.0. The molecule has 0 saturated carbocycles. The molecule has 0 spiro atoms. The van der Waals surface area contributed by atoms with Crippen molar-refractivity contribution in [3.8, 4) is 0 Å². The molecule has 2 unspecified atom stereocenters. The summed E-state index contributed by atoms with van der Waals surface area (Å²) in [6.45, 7) is 12.5. The molecule has 1 amide bonds. The SMILES string of the molecule is CN=C(NCC(C)N1CCc2sccc2C1)N1CCC(NC(=O)OC(C)(C)C)C1. The third-order valence-corrected chi connectivity index (χ3v) is 6.46. The third kappa shape index (κ3) is 6.09. The van der Waals surface area contributed by atoms with Gasteiger partial charge in [-0.15, -0.1) is 11.3 Å². The van der Waals surface area contributed by atoms with E-state index in [1.807, 2.05) is 39.2 Å². The first-order valence-corrected chi connectivity index (χ1v) is 11.4. The number of nitrogens with one attached hydrogen (secondary N) is 2. The van der Waals surface area contributed by atoms with Gasteiger partial charge in [-0.1, -0.05) is 0 Å². The van der Waals surface area contributed by atoms with Crippen molar-refractivity contribution in [2.75, 3.05) is 33.2 Å². The monoisotopic (exact) mass is 421 g/mol. The van der Waals surface area contributed by atoms with Gasteiger partial charge in [0.25, 0.3) is 0 Å². The van der Waals surface area contributed by atoms with Gasteiger partial charge in [-0.25, -0.2) is 4.79 Å². The first-order chi connectivity index (χ1) is 13.7. The van der Waals surface area contributed by atoms with Crippen LogP contribution in [-0.4, -0.2) is 72.8 Å². The van der Waals surface area contributed by atoms with Crippen molar-refractivity contribution in [2.45, 2.75) is 64.8 Å². The van der Waals surface area contributed by atoms with Crippen LogP contribution in [0, 0.1) is 0 Å². The van der Waals surface area contributed by atoms with Crippen molar-refractivity contribution in [3.63, 3.8) is 0 Å². The maximum Gasteiger partial charge on any atom is 0.407 e. The highest BCUT2D eigenvalue weighted by molar-refractivity contribution is 7.10. The first-order valence-electron chi connectivity index (χ1n) is 10.5. The smallest absolute Gasteiger partial charge is 0.407 e. The van der Waals surface area contributed by atoms with Crippen LogP contribution < -0.4 is 10.6 Å². The Morgan fingerprint density at radius 1 is 1.41 bits per heavy atom. The Balaban J connectivity index is 1.44. The highest BCUT2D eigenvalue weighted by atomic mass is 32.1. The lowest BCUT2D eigenvalue weighted by Gasteiger charge is -2.33. The molecule has 162 valence electrons. The van der Waals surface area contributed by atoms with E-state index in [1.54, 1.807) is 0 Å². The number of hydrogen-bond donors (Lipinski definition) is 2. The minimum Gasteiger partial charge on any atom is -0.444 e. The van der Waals surface area contributed by atoms with Gasteiger partial charge in [-0.2, -0.15) is 0 Å². The second-order valence-corrected chi connectivity index (χ2v) is 9.95. The zero-order chi connectivity index (χ0) is 21.0. The van der Waals surface area contributed by atoms with Crippen LogP contribution in [0.2, 0.25) is 0 Å². The molecular formula is C21H35N5O2S. The molecule has 3 rings (SSSR count). The van der Waals surface area contributed by atoms with Crippen LogP contribution in [0.25, 0.3) is 0 Å². The Morgan fingerprint density at radius 3 is 2.93 bits per heavy atom. The van der Waals surface area contributed by atoms with Crippen molar-refractivity contribution in [1.82, 2.24) is 20.4 Å². The fraction of sp³-hybridized carbons (Fsp3) is 0.714. The predicted molar refractivity (Wildman–Crippen MR) is 119 cm³/mol. The Bertz CT molecular complexity index is 727. The lowest BCUT2D eigenvalue weighted by molar-refractivity contribution is 0.0507. The van der Waals surface area contributed by atoms with E-state index in [2.05, 4.69) is 43.8 Å². The number of ether oxygens (including phenoxy) is 1. The third-order valence-electron chi connectivity index (χ3n) is 5.44. The number of nitrogens with zero attached hydrogens (tertiary/aromatic N) is 3. The molecule has 0 aliphatic carbocycles. The number of guanidine groups is 1. The largest absolute Gasteiger partial charge is 0.444 e. The van der Waals surface area contributed by atoms with Crippen LogP contribution in [0.3, 0.4) is 0 Å². The number of aliphatic imine (C=N–C) groups is 1. The zero-order valence-electron chi connectivity index (χ0n) is 18.3. The van der Waals surface area contributed by atoms with Gasteiger partial charge in [0, 0.05) is 50.7 Å². The molecule has 1 fully saturated rings. The van der Waals surface area contributed by atoms with Crippen LogP contribution in [0.5, 0.6) is 0 Å². The average Bonchev–Trinajstić information content (AvgIpc) is 3.29. The molecule has 0 aromatic carbocycles. The summed E-state index contributed by atoms with van der Waals surface area (Å²) in [5.74, 6) is 0.901. The molecule has 2 N–H and O–H groups in total. The molecule has 0 radical (unpaired) electrons. The summed E-state index contributed by atoms with van der Waals surface area (Å²) in [6.07, 6.45) is 1.69. The highest BCUT2D eigenvalue weighted by Crippen LogP contribution is 2.25. The number of thiophene rings is 1. The lowest BCUT2D eigenvalue weighted by Crippen LogP contribution is -2.48. The maximum absolute atomic E-state index is 12.0. The number of carbonyl (C=O) groups excluding carboxylic acids is 1. The van der Waals surface area contributed by atoms with Gasteiger partial charge in [0.05, 0.1) is 6.04 Å². The standard InChI is InChI=1S/C21H35N5O2S/c1-15(25-10-7-18-16(13-25)8-11-29-18)12-23-19(22-5)26-9-6-17(14-26)24-20(27)28-21(2,3)4/h8,11,15,17H,6-7,9-10,12-14H2,1-5H3,(H,22,23)(H,24,27). The molecule has 1 saturated heterocycles. The zero-order valence-corrected chi connectivity index (χ0v) is 19.1. The number of rotatable bonds is 4. The number of likely N-dealkylation sites (tertiary alicyclic amines) is 1. The van der Waals surface area contributed by atoms with Crippen molar-refractivity contribution in [3.05, 3.63) is 21.9 Å². The molecule has 2 aliphatic rings. The van der Waals surface area contributed by atoms with E-state index in [9.17, 15) is 4.79 Å². The van der Waals surface area contributed by atoms with Gasteiger partial charge in [0.15, 0.2) is 5.96 Å². The minimum atomic E-state index is -0.478. The molecule has 7 nitrogen and oxygen atoms in total. The van der Waals surface area contributed by atoms with E-state index >= 15 is 0 Å². The Morgan fingerprint density at radius 2 is 2.21 bits per heavy atom. The van der Waals surface area contributed by atoms with Crippen molar-refractivity contribution >= 4 is 23.4 Å². The highest BCUT2D eigenvalue weighted by Gasteiger charge is 2.28. The van der Waals surface area contributed by atoms with Crippen molar-refractivity contribution in [1.29, 1.82) is 0 Å². The van der Waals surface area contributed by atoms with E-state index in [1.165, 1.54) is 10.4 Å². The van der Waals surface area contributed by atoms with E-state index in [4.69, 9.17) is 4.74 Å². The van der Waals surface area contributed by atoms with E-state index in [0.29, 0.717) is 6.04 Å². The fourth-order valence-electron chi connectivity index (χ4n) is 3.89. The molecule has 1 aromatic heterocycles. The molecular weight excluding hydrogens is 386 g/mol. The first kappa shape index (κ1) is 21.9. The Labute approximate surface area is 178 Å². The number of hydrogen-bond acceptors (Lipinski definition) is 5. The van der Waals surface area contributed by atoms with Gasteiger partial charge in [0.2, 0.25) is 0 Å². The Kier molecular flexibility index (Phi) is 7.05. The molecule has 3 heterocycles. The Hall–Kier alpha value is -1.80. The van der Waals surface area contributed by atoms with Gasteiger partial charge in [0.1, 0.15) is 5.60 Å². The minimum absolute atomic E-state index is 0.0833. The van der Waals surface area contributed by atoms with Crippen LogP contribution in [-0.2, 0) is 17.7 Å². The summed E-state index contributed by atoms with van der Waals surface area (Å²) in [7, 11) is 1.82. The summed E-state index contributed by atoms with van der Waals surface area (Å²) < 4.78 is 5.37. The van der Waals surface area contributed by atoms with E-state index in [-0.39, 0.29) is 12.1 Å². The number of amides is 1. The summed E-state index contributed by atoms with van der Waals surface area (Å²) in [5.41, 5.74) is 1.00. The van der Waals surface area contributed by atoms with Crippen LogP contribution in [0.4, 0.5) is 4.79 Å². The van der Waals surface area contributed by atoms with Gasteiger partial charge < -0.3 is 20.3 Å². The van der Waals surface area contributed by atoms with Gasteiger partial charge in [-0.05, 0) is 57.5 Å². The van der Waals surface area contributed by atoms with Crippen LogP contribution in [0.1, 0.15) is 44.6 Å². The molecule has 1 aromatic rings. The number of carbonyl (C=O) groups is 1.